The Hall–Kier alpha value is -1.26. The molecular weight excluding hydrogens is 232 g/mol. The molecule has 0 saturated carbocycles. The van der Waals surface area contributed by atoms with Crippen LogP contribution in [0.25, 0.3) is 0 Å². The van der Waals surface area contributed by atoms with Crippen molar-refractivity contribution >= 4 is 12.0 Å². The van der Waals surface area contributed by atoms with Crippen LogP contribution in [0.1, 0.15) is 53.4 Å². The fourth-order valence-electron chi connectivity index (χ4n) is 1.47. The molecule has 0 aliphatic heterocycles. The molecule has 0 radical (unpaired) electrons. The van der Waals surface area contributed by atoms with Crippen LogP contribution in [0.15, 0.2) is 0 Å². The van der Waals surface area contributed by atoms with E-state index in [-0.39, 0.29) is 0 Å². The minimum absolute atomic E-state index is 0.350. The van der Waals surface area contributed by atoms with Gasteiger partial charge in [-0.3, -0.25) is 0 Å². The molecule has 18 heavy (non-hydrogen) atoms. The number of carboxylic acid groups (broad SMARTS) is 1. The molecule has 0 spiro atoms. The molecule has 2 amide bonds. The Labute approximate surface area is 109 Å². The van der Waals surface area contributed by atoms with Crippen molar-refractivity contribution in [3.63, 3.8) is 0 Å². The molecule has 3 N–H and O–H groups in total. The second-order valence-electron chi connectivity index (χ2n) is 5.26. The number of aliphatic carboxylic acids is 1. The molecular formula is C13H26N2O3. The minimum Gasteiger partial charge on any atom is -0.480 e. The minimum atomic E-state index is -1.19. The number of amides is 2. The Bertz CT molecular complexity index is 279. The summed E-state index contributed by atoms with van der Waals surface area (Å²) in [4.78, 5) is 22.5. The van der Waals surface area contributed by atoms with Crippen molar-refractivity contribution in [2.75, 3.05) is 6.54 Å². The van der Waals surface area contributed by atoms with E-state index < -0.39 is 17.5 Å². The molecule has 1 atom stereocenters. The van der Waals surface area contributed by atoms with Crippen LogP contribution in [0, 0.1) is 5.92 Å². The van der Waals surface area contributed by atoms with Crippen LogP contribution in [0.5, 0.6) is 0 Å². The molecule has 0 aliphatic rings. The SMILES string of the molecule is CCC(C)(NC(=O)NCCCCC(C)C)C(=O)O. The first-order valence-electron chi connectivity index (χ1n) is 6.61. The molecule has 106 valence electrons. The normalized spacial score (nSPS) is 14.1. The predicted octanol–water partition coefficient (Wildman–Crippen LogP) is 2.37. The first kappa shape index (κ1) is 16.7. The van der Waals surface area contributed by atoms with Crippen molar-refractivity contribution in [3.8, 4) is 0 Å². The second kappa shape index (κ2) is 7.95. The zero-order valence-corrected chi connectivity index (χ0v) is 11.9. The average Bonchev–Trinajstić information content (AvgIpc) is 2.27. The smallest absolute Gasteiger partial charge is 0.329 e. The number of nitrogens with one attached hydrogen (secondary N) is 2. The van der Waals surface area contributed by atoms with Crippen LogP contribution in [-0.2, 0) is 4.79 Å². The molecule has 0 bridgehead atoms. The summed E-state index contributed by atoms with van der Waals surface area (Å²) in [6.45, 7) is 8.15. The molecule has 0 saturated heterocycles. The fraction of sp³-hybridized carbons (Fsp3) is 0.846. The lowest BCUT2D eigenvalue weighted by Crippen LogP contribution is -2.54. The quantitative estimate of drug-likeness (QED) is 0.585. The topological polar surface area (TPSA) is 78.4 Å². The van der Waals surface area contributed by atoms with Crippen LogP contribution < -0.4 is 10.6 Å². The van der Waals surface area contributed by atoms with E-state index in [1.807, 2.05) is 0 Å². The highest BCUT2D eigenvalue weighted by molar-refractivity contribution is 5.85. The summed E-state index contributed by atoms with van der Waals surface area (Å²) in [5, 5.41) is 14.2. The third-order valence-electron chi connectivity index (χ3n) is 3.06. The summed E-state index contributed by atoms with van der Waals surface area (Å²) in [5.74, 6) is -0.339. The van der Waals surface area contributed by atoms with Crippen LogP contribution in [0.3, 0.4) is 0 Å². The molecule has 0 aromatic heterocycles. The highest BCUT2D eigenvalue weighted by atomic mass is 16.4. The number of carbonyl (C=O) groups is 2. The van der Waals surface area contributed by atoms with Gasteiger partial charge in [-0.05, 0) is 25.7 Å². The maximum absolute atomic E-state index is 11.5. The number of urea groups is 1. The summed E-state index contributed by atoms with van der Waals surface area (Å²) in [6, 6.07) is -0.411. The molecule has 0 heterocycles. The van der Waals surface area contributed by atoms with Gasteiger partial charge in [0.2, 0.25) is 0 Å². The maximum Gasteiger partial charge on any atom is 0.329 e. The lowest BCUT2D eigenvalue weighted by molar-refractivity contribution is -0.143. The van der Waals surface area contributed by atoms with Crippen molar-refractivity contribution in [1.29, 1.82) is 0 Å². The molecule has 0 aromatic rings. The summed E-state index contributed by atoms with van der Waals surface area (Å²) in [7, 11) is 0. The van der Waals surface area contributed by atoms with Gasteiger partial charge in [-0.1, -0.05) is 33.6 Å². The van der Waals surface area contributed by atoms with Gasteiger partial charge in [0, 0.05) is 6.54 Å². The molecule has 5 heteroatoms. The number of hydrogen-bond acceptors (Lipinski definition) is 2. The second-order valence-corrected chi connectivity index (χ2v) is 5.26. The Morgan fingerprint density at radius 1 is 1.28 bits per heavy atom. The molecule has 0 aromatic carbocycles. The Balaban J connectivity index is 3.87. The first-order valence-corrected chi connectivity index (χ1v) is 6.61. The lowest BCUT2D eigenvalue weighted by atomic mass is 10.00. The van der Waals surface area contributed by atoms with Crippen LogP contribution in [-0.4, -0.2) is 29.2 Å². The fourth-order valence-corrected chi connectivity index (χ4v) is 1.47. The van der Waals surface area contributed by atoms with E-state index in [0.29, 0.717) is 18.9 Å². The molecule has 0 rings (SSSR count). The van der Waals surface area contributed by atoms with E-state index in [4.69, 9.17) is 5.11 Å². The third kappa shape index (κ3) is 6.47. The van der Waals surface area contributed by atoms with Crippen molar-refractivity contribution in [1.82, 2.24) is 10.6 Å². The zero-order chi connectivity index (χ0) is 14.2. The number of hydrogen-bond donors (Lipinski definition) is 3. The van der Waals surface area contributed by atoms with Gasteiger partial charge < -0.3 is 15.7 Å². The molecule has 0 aliphatic carbocycles. The highest BCUT2D eigenvalue weighted by Gasteiger charge is 2.32. The Morgan fingerprint density at radius 2 is 1.89 bits per heavy atom. The van der Waals surface area contributed by atoms with Gasteiger partial charge in [-0.2, -0.15) is 0 Å². The summed E-state index contributed by atoms with van der Waals surface area (Å²) in [5.41, 5.74) is -1.19. The molecule has 1 unspecified atom stereocenters. The summed E-state index contributed by atoms with van der Waals surface area (Å²) >= 11 is 0. The number of unbranched alkanes of at least 4 members (excludes halogenated alkanes) is 1. The first-order chi connectivity index (χ1) is 8.31. The van der Waals surface area contributed by atoms with E-state index in [1.165, 1.54) is 6.92 Å². The average molecular weight is 258 g/mol. The number of rotatable bonds is 8. The molecule has 5 nitrogen and oxygen atoms in total. The van der Waals surface area contributed by atoms with Gasteiger partial charge >= 0.3 is 12.0 Å². The van der Waals surface area contributed by atoms with E-state index in [9.17, 15) is 9.59 Å². The number of carbonyl (C=O) groups excluding carboxylic acids is 1. The van der Waals surface area contributed by atoms with E-state index in [1.54, 1.807) is 6.92 Å². The van der Waals surface area contributed by atoms with Gasteiger partial charge in [0.15, 0.2) is 0 Å². The molecule has 0 fully saturated rings. The van der Waals surface area contributed by atoms with Crippen molar-refractivity contribution in [2.45, 2.75) is 58.9 Å². The Kier molecular flexibility index (Phi) is 7.39. The van der Waals surface area contributed by atoms with Gasteiger partial charge in [0.1, 0.15) is 5.54 Å². The van der Waals surface area contributed by atoms with Crippen molar-refractivity contribution < 1.29 is 14.7 Å². The van der Waals surface area contributed by atoms with Crippen LogP contribution >= 0.6 is 0 Å². The summed E-state index contributed by atoms with van der Waals surface area (Å²) in [6.07, 6.45) is 3.48. The van der Waals surface area contributed by atoms with Gasteiger partial charge in [0.05, 0.1) is 0 Å². The summed E-state index contributed by atoms with van der Waals surface area (Å²) < 4.78 is 0. The van der Waals surface area contributed by atoms with E-state index in [2.05, 4.69) is 24.5 Å². The zero-order valence-electron chi connectivity index (χ0n) is 11.9. The largest absolute Gasteiger partial charge is 0.480 e. The van der Waals surface area contributed by atoms with Crippen LogP contribution in [0.2, 0.25) is 0 Å². The van der Waals surface area contributed by atoms with E-state index >= 15 is 0 Å². The maximum atomic E-state index is 11.5. The van der Waals surface area contributed by atoms with Gasteiger partial charge in [-0.25, -0.2) is 9.59 Å². The lowest BCUT2D eigenvalue weighted by Gasteiger charge is -2.24. The van der Waals surface area contributed by atoms with E-state index in [0.717, 1.165) is 19.3 Å². The standard InChI is InChI=1S/C13H26N2O3/c1-5-13(4,11(16)17)15-12(18)14-9-7-6-8-10(2)3/h10H,5-9H2,1-4H3,(H,16,17)(H2,14,15,18). The van der Waals surface area contributed by atoms with Crippen LogP contribution in [0.4, 0.5) is 4.79 Å². The monoisotopic (exact) mass is 258 g/mol. The van der Waals surface area contributed by atoms with Gasteiger partial charge in [0.25, 0.3) is 0 Å². The van der Waals surface area contributed by atoms with Crippen molar-refractivity contribution in [2.24, 2.45) is 5.92 Å². The van der Waals surface area contributed by atoms with Crippen molar-refractivity contribution in [3.05, 3.63) is 0 Å². The third-order valence-corrected chi connectivity index (χ3v) is 3.06. The number of carboxylic acids is 1. The Morgan fingerprint density at radius 3 is 2.33 bits per heavy atom. The van der Waals surface area contributed by atoms with Gasteiger partial charge in [-0.15, -0.1) is 0 Å². The predicted molar refractivity (Wildman–Crippen MR) is 71.6 cm³/mol. The highest BCUT2D eigenvalue weighted by Crippen LogP contribution is 2.09.